The molecule has 0 spiro atoms. The summed E-state index contributed by atoms with van der Waals surface area (Å²) in [7, 11) is -3.49. The maximum absolute atomic E-state index is 12.4. The molecule has 1 amide bonds. The Kier molecular flexibility index (Phi) is 6.02. The Balaban J connectivity index is 2.18. The SMILES string of the molecule is Cc1ccc(C(=O)NC(C(=O)O)C2CCCOC2)cc1NS(C)(=O)=O. The number of carboxylic acid groups (broad SMARTS) is 1. The lowest BCUT2D eigenvalue weighted by molar-refractivity contribution is -0.142. The van der Waals surface area contributed by atoms with Crippen LogP contribution in [0.1, 0.15) is 28.8 Å². The Labute approximate surface area is 146 Å². The lowest BCUT2D eigenvalue weighted by atomic mass is 9.93. The number of hydrogen-bond acceptors (Lipinski definition) is 5. The van der Waals surface area contributed by atoms with Crippen molar-refractivity contribution >= 4 is 27.6 Å². The second-order valence-electron chi connectivity index (χ2n) is 6.17. The van der Waals surface area contributed by atoms with Crippen LogP contribution in [-0.2, 0) is 19.6 Å². The topological polar surface area (TPSA) is 122 Å². The first kappa shape index (κ1) is 19.2. The molecule has 0 bridgehead atoms. The van der Waals surface area contributed by atoms with Crippen LogP contribution in [0.4, 0.5) is 5.69 Å². The molecule has 1 heterocycles. The summed E-state index contributed by atoms with van der Waals surface area (Å²) >= 11 is 0. The average Bonchev–Trinajstić information content (AvgIpc) is 2.53. The maximum Gasteiger partial charge on any atom is 0.326 e. The largest absolute Gasteiger partial charge is 0.480 e. The smallest absolute Gasteiger partial charge is 0.326 e. The van der Waals surface area contributed by atoms with Gasteiger partial charge in [0, 0.05) is 18.1 Å². The molecule has 2 atom stereocenters. The van der Waals surface area contributed by atoms with Crippen LogP contribution < -0.4 is 10.0 Å². The summed E-state index contributed by atoms with van der Waals surface area (Å²) in [5.74, 6) is -1.99. The number of aryl methyl sites for hydroxylation is 1. The molecule has 0 saturated carbocycles. The van der Waals surface area contributed by atoms with E-state index in [1.165, 1.54) is 12.1 Å². The summed E-state index contributed by atoms with van der Waals surface area (Å²) in [5.41, 5.74) is 1.11. The van der Waals surface area contributed by atoms with Gasteiger partial charge >= 0.3 is 5.97 Å². The van der Waals surface area contributed by atoms with Crippen LogP contribution >= 0.6 is 0 Å². The van der Waals surface area contributed by atoms with Gasteiger partial charge in [0.25, 0.3) is 5.91 Å². The summed E-state index contributed by atoms with van der Waals surface area (Å²) in [6.45, 7) is 2.58. The predicted molar refractivity (Wildman–Crippen MR) is 92.1 cm³/mol. The quantitative estimate of drug-likeness (QED) is 0.686. The zero-order valence-electron chi connectivity index (χ0n) is 14.1. The highest BCUT2D eigenvalue weighted by atomic mass is 32.2. The Bertz CT molecular complexity index is 756. The van der Waals surface area contributed by atoms with E-state index < -0.39 is 27.9 Å². The highest BCUT2D eigenvalue weighted by Gasteiger charge is 2.31. The van der Waals surface area contributed by atoms with E-state index in [2.05, 4.69) is 10.0 Å². The number of amides is 1. The van der Waals surface area contributed by atoms with Crippen LogP contribution in [0.3, 0.4) is 0 Å². The molecule has 0 aliphatic carbocycles. The van der Waals surface area contributed by atoms with Gasteiger partial charge in [0.2, 0.25) is 10.0 Å². The second-order valence-corrected chi connectivity index (χ2v) is 7.92. The van der Waals surface area contributed by atoms with Crippen LogP contribution in [0.15, 0.2) is 18.2 Å². The van der Waals surface area contributed by atoms with Gasteiger partial charge in [0.1, 0.15) is 6.04 Å². The van der Waals surface area contributed by atoms with E-state index in [4.69, 9.17) is 4.74 Å². The normalized spacial score (nSPS) is 19.0. The van der Waals surface area contributed by atoms with Crippen molar-refractivity contribution < 1.29 is 27.9 Å². The Hall–Kier alpha value is -2.13. The molecule has 0 radical (unpaired) electrons. The highest BCUT2D eigenvalue weighted by molar-refractivity contribution is 7.92. The van der Waals surface area contributed by atoms with Crippen LogP contribution in [0.2, 0.25) is 0 Å². The summed E-state index contributed by atoms with van der Waals surface area (Å²) in [4.78, 5) is 24.0. The molecule has 9 heteroatoms. The summed E-state index contributed by atoms with van der Waals surface area (Å²) in [5, 5.41) is 11.9. The van der Waals surface area contributed by atoms with Crippen molar-refractivity contribution in [3.8, 4) is 0 Å². The van der Waals surface area contributed by atoms with Crippen molar-refractivity contribution in [3.05, 3.63) is 29.3 Å². The van der Waals surface area contributed by atoms with Gasteiger partial charge in [-0.25, -0.2) is 13.2 Å². The average molecular weight is 370 g/mol. The monoisotopic (exact) mass is 370 g/mol. The summed E-state index contributed by atoms with van der Waals surface area (Å²) in [6, 6.07) is 3.46. The third-order valence-electron chi connectivity index (χ3n) is 4.01. The number of anilines is 1. The van der Waals surface area contributed by atoms with Crippen LogP contribution in [0.25, 0.3) is 0 Å². The number of benzene rings is 1. The zero-order valence-corrected chi connectivity index (χ0v) is 14.9. The van der Waals surface area contributed by atoms with E-state index in [0.29, 0.717) is 18.6 Å². The van der Waals surface area contributed by atoms with E-state index in [1.807, 2.05) is 0 Å². The first-order valence-electron chi connectivity index (χ1n) is 7.87. The van der Waals surface area contributed by atoms with Gasteiger partial charge in [0.15, 0.2) is 0 Å². The number of sulfonamides is 1. The van der Waals surface area contributed by atoms with Crippen molar-refractivity contribution in [3.63, 3.8) is 0 Å². The number of nitrogens with one attached hydrogen (secondary N) is 2. The van der Waals surface area contributed by atoms with Gasteiger partial charge < -0.3 is 15.2 Å². The minimum absolute atomic E-state index is 0.180. The molecule has 2 rings (SSSR count). The number of carbonyl (C=O) groups excluding carboxylic acids is 1. The molecule has 1 aromatic carbocycles. The van der Waals surface area contributed by atoms with Crippen molar-refractivity contribution in [1.29, 1.82) is 0 Å². The number of carbonyl (C=O) groups is 2. The second kappa shape index (κ2) is 7.83. The molecule has 1 saturated heterocycles. The van der Waals surface area contributed by atoms with Gasteiger partial charge in [-0.15, -0.1) is 0 Å². The van der Waals surface area contributed by atoms with Crippen molar-refractivity contribution in [2.45, 2.75) is 25.8 Å². The third-order valence-corrected chi connectivity index (χ3v) is 4.61. The van der Waals surface area contributed by atoms with E-state index in [0.717, 1.165) is 12.7 Å². The molecule has 8 nitrogen and oxygen atoms in total. The molecule has 2 unspecified atom stereocenters. The van der Waals surface area contributed by atoms with Crippen molar-refractivity contribution in [1.82, 2.24) is 5.32 Å². The van der Waals surface area contributed by atoms with Crippen molar-refractivity contribution in [2.24, 2.45) is 5.92 Å². The molecule has 25 heavy (non-hydrogen) atoms. The number of hydrogen-bond donors (Lipinski definition) is 3. The fourth-order valence-corrected chi connectivity index (χ4v) is 3.33. The lowest BCUT2D eigenvalue weighted by Crippen LogP contribution is -2.48. The molecule has 1 fully saturated rings. The molecule has 1 aromatic rings. The first-order valence-corrected chi connectivity index (χ1v) is 9.76. The standard InChI is InChI=1S/C16H22N2O6S/c1-10-5-6-11(8-13(10)18-25(2,22)23)15(19)17-14(16(20)21)12-4-3-7-24-9-12/h5-6,8,12,14,18H,3-4,7,9H2,1-2H3,(H,17,19)(H,20,21). The third kappa shape index (κ3) is 5.43. The minimum atomic E-state index is -3.49. The fraction of sp³-hybridized carbons (Fsp3) is 0.500. The molecule has 1 aliphatic heterocycles. The van der Waals surface area contributed by atoms with Gasteiger partial charge in [-0.3, -0.25) is 9.52 Å². The van der Waals surface area contributed by atoms with Gasteiger partial charge in [-0.1, -0.05) is 6.07 Å². The number of rotatable bonds is 6. The molecule has 3 N–H and O–H groups in total. The van der Waals surface area contributed by atoms with Crippen LogP contribution in [-0.4, -0.2) is 50.9 Å². The predicted octanol–water partition coefficient (Wildman–Crippen LogP) is 0.976. The van der Waals surface area contributed by atoms with Crippen LogP contribution in [0.5, 0.6) is 0 Å². The molecule has 138 valence electrons. The first-order chi connectivity index (χ1) is 11.7. The summed E-state index contributed by atoms with van der Waals surface area (Å²) in [6.07, 6.45) is 2.42. The highest BCUT2D eigenvalue weighted by Crippen LogP contribution is 2.20. The van der Waals surface area contributed by atoms with Gasteiger partial charge in [-0.2, -0.15) is 0 Å². The number of carboxylic acids is 1. The number of ether oxygens (including phenoxy) is 1. The molecule has 0 aromatic heterocycles. The number of aliphatic carboxylic acids is 1. The lowest BCUT2D eigenvalue weighted by Gasteiger charge is -2.28. The van der Waals surface area contributed by atoms with Crippen molar-refractivity contribution in [2.75, 3.05) is 24.2 Å². The Morgan fingerprint density at radius 3 is 2.64 bits per heavy atom. The fourth-order valence-electron chi connectivity index (χ4n) is 2.71. The Morgan fingerprint density at radius 1 is 1.36 bits per heavy atom. The van der Waals surface area contributed by atoms with E-state index >= 15 is 0 Å². The van der Waals surface area contributed by atoms with Gasteiger partial charge in [-0.05, 0) is 37.5 Å². The molecular weight excluding hydrogens is 348 g/mol. The molecule has 1 aliphatic rings. The van der Waals surface area contributed by atoms with E-state index in [9.17, 15) is 23.1 Å². The zero-order chi connectivity index (χ0) is 18.6. The Morgan fingerprint density at radius 2 is 2.08 bits per heavy atom. The maximum atomic E-state index is 12.4. The minimum Gasteiger partial charge on any atom is -0.480 e. The molecular formula is C16H22N2O6S. The van der Waals surface area contributed by atoms with Gasteiger partial charge in [0.05, 0.1) is 18.6 Å². The summed E-state index contributed by atoms with van der Waals surface area (Å²) < 4.78 is 30.4. The van der Waals surface area contributed by atoms with Crippen LogP contribution in [0, 0.1) is 12.8 Å². The van der Waals surface area contributed by atoms with E-state index in [-0.39, 0.29) is 23.8 Å². The van der Waals surface area contributed by atoms with E-state index in [1.54, 1.807) is 13.0 Å².